The van der Waals surface area contributed by atoms with Gasteiger partial charge >= 0.3 is 0 Å². The Morgan fingerprint density at radius 3 is 2.71 bits per heavy atom. The summed E-state index contributed by atoms with van der Waals surface area (Å²) in [5.74, 6) is 1.01. The van der Waals surface area contributed by atoms with Gasteiger partial charge < -0.3 is 15.0 Å². The van der Waals surface area contributed by atoms with E-state index in [-0.39, 0.29) is 24.4 Å². The Morgan fingerprint density at radius 2 is 2.00 bits per heavy atom. The summed E-state index contributed by atoms with van der Waals surface area (Å²) >= 11 is 0. The second kappa shape index (κ2) is 11.7. The number of halogens is 1. The third-order valence-electron chi connectivity index (χ3n) is 4.95. The van der Waals surface area contributed by atoms with Crippen molar-refractivity contribution in [3.05, 3.63) is 59.9 Å². The normalized spacial score (nSPS) is 16.5. The van der Waals surface area contributed by atoms with Crippen molar-refractivity contribution in [2.45, 2.75) is 45.2 Å². The van der Waals surface area contributed by atoms with Crippen LogP contribution in [-0.4, -0.2) is 41.5 Å². The quantitative estimate of drug-likeness (QED) is 0.767. The standard InChI is InChI=1S/C22H29N3O2.ClH/c1-2-27-21-10-8-18(9-11-21)16-22(26)25(17-19-6-3-4-14-24-19)20-7-5-13-23-15-12-20;/h3-4,6,8-11,14,20,23H,2,5,7,12-13,15-17H2,1H3;1H. The van der Waals surface area contributed by atoms with Crippen LogP contribution in [0.2, 0.25) is 0 Å². The van der Waals surface area contributed by atoms with Crippen LogP contribution in [0.25, 0.3) is 0 Å². The molecule has 0 bridgehead atoms. The van der Waals surface area contributed by atoms with Gasteiger partial charge in [-0.15, -0.1) is 12.4 Å². The third kappa shape index (κ3) is 6.50. The summed E-state index contributed by atoms with van der Waals surface area (Å²) in [6, 6.07) is 14.0. The van der Waals surface area contributed by atoms with E-state index >= 15 is 0 Å². The summed E-state index contributed by atoms with van der Waals surface area (Å²) in [5, 5.41) is 3.44. The maximum Gasteiger partial charge on any atom is 0.227 e. The van der Waals surface area contributed by atoms with Crippen molar-refractivity contribution < 1.29 is 9.53 Å². The zero-order valence-electron chi connectivity index (χ0n) is 16.5. The molecular weight excluding hydrogens is 374 g/mol. The van der Waals surface area contributed by atoms with Crippen molar-refractivity contribution in [3.8, 4) is 5.75 Å². The second-order valence-corrected chi connectivity index (χ2v) is 6.93. The molecule has 1 saturated heterocycles. The summed E-state index contributed by atoms with van der Waals surface area (Å²) in [7, 11) is 0. The Balaban J connectivity index is 0.00000280. The van der Waals surface area contributed by atoms with Crippen LogP contribution in [0.4, 0.5) is 0 Å². The van der Waals surface area contributed by atoms with Crippen LogP contribution in [0.15, 0.2) is 48.7 Å². The SMILES string of the molecule is CCOc1ccc(CC(=O)N(Cc2ccccn2)C2CCCNCC2)cc1.Cl. The number of carbonyl (C=O) groups is 1. The van der Waals surface area contributed by atoms with Crippen molar-refractivity contribution in [1.29, 1.82) is 0 Å². The van der Waals surface area contributed by atoms with E-state index < -0.39 is 0 Å². The number of rotatable bonds is 7. The van der Waals surface area contributed by atoms with Gasteiger partial charge in [0.05, 0.1) is 25.3 Å². The highest BCUT2D eigenvalue weighted by molar-refractivity contribution is 5.85. The molecule has 0 spiro atoms. The molecule has 1 aliphatic rings. The molecule has 3 rings (SSSR count). The molecule has 1 N–H and O–H groups in total. The van der Waals surface area contributed by atoms with E-state index in [4.69, 9.17) is 4.74 Å². The molecule has 6 heteroatoms. The lowest BCUT2D eigenvalue weighted by Gasteiger charge is -2.31. The lowest BCUT2D eigenvalue weighted by Crippen LogP contribution is -2.41. The molecule has 0 saturated carbocycles. The number of carbonyl (C=O) groups excluding carboxylic acids is 1. The number of pyridine rings is 1. The molecule has 1 unspecified atom stereocenters. The fourth-order valence-electron chi connectivity index (χ4n) is 3.55. The summed E-state index contributed by atoms with van der Waals surface area (Å²) in [6.45, 7) is 5.17. The van der Waals surface area contributed by atoms with Gasteiger partial charge in [0.1, 0.15) is 5.75 Å². The molecule has 2 heterocycles. The molecule has 0 radical (unpaired) electrons. The summed E-state index contributed by atoms with van der Waals surface area (Å²) < 4.78 is 5.49. The molecule has 5 nitrogen and oxygen atoms in total. The Kier molecular flexibility index (Phi) is 9.24. The topological polar surface area (TPSA) is 54.5 Å². The monoisotopic (exact) mass is 403 g/mol. The van der Waals surface area contributed by atoms with Crippen LogP contribution >= 0.6 is 12.4 Å². The van der Waals surface area contributed by atoms with E-state index in [0.717, 1.165) is 49.4 Å². The highest BCUT2D eigenvalue weighted by Crippen LogP contribution is 2.19. The fraction of sp³-hybridized carbons (Fsp3) is 0.455. The Bertz CT molecular complexity index is 701. The number of aromatic nitrogens is 1. The lowest BCUT2D eigenvalue weighted by atomic mass is 10.0. The minimum absolute atomic E-state index is 0. The smallest absolute Gasteiger partial charge is 0.227 e. The van der Waals surface area contributed by atoms with Gasteiger partial charge in [-0.25, -0.2) is 0 Å². The fourth-order valence-corrected chi connectivity index (χ4v) is 3.55. The molecule has 1 aliphatic heterocycles. The first-order valence-electron chi connectivity index (χ1n) is 9.88. The maximum atomic E-state index is 13.2. The van der Waals surface area contributed by atoms with E-state index in [1.165, 1.54) is 0 Å². The van der Waals surface area contributed by atoms with Gasteiger partial charge in [-0.1, -0.05) is 18.2 Å². The van der Waals surface area contributed by atoms with Crippen molar-refractivity contribution in [1.82, 2.24) is 15.2 Å². The molecule has 1 amide bonds. The first-order valence-corrected chi connectivity index (χ1v) is 9.88. The van der Waals surface area contributed by atoms with E-state index in [2.05, 4.69) is 10.3 Å². The van der Waals surface area contributed by atoms with Gasteiger partial charge in [-0.2, -0.15) is 0 Å². The zero-order chi connectivity index (χ0) is 18.9. The molecule has 1 fully saturated rings. The number of hydrogen-bond donors (Lipinski definition) is 1. The van der Waals surface area contributed by atoms with Gasteiger partial charge in [0.2, 0.25) is 5.91 Å². The van der Waals surface area contributed by atoms with E-state index in [1.807, 2.05) is 54.3 Å². The predicted octanol–water partition coefficient (Wildman–Crippen LogP) is 3.62. The van der Waals surface area contributed by atoms with Crippen LogP contribution in [0, 0.1) is 0 Å². The van der Waals surface area contributed by atoms with Gasteiger partial charge in [-0.3, -0.25) is 9.78 Å². The maximum absolute atomic E-state index is 13.2. The average molecular weight is 404 g/mol. The molecule has 1 atom stereocenters. The van der Waals surface area contributed by atoms with Gasteiger partial charge in [0.15, 0.2) is 0 Å². The van der Waals surface area contributed by atoms with Crippen molar-refractivity contribution in [3.63, 3.8) is 0 Å². The predicted molar refractivity (Wildman–Crippen MR) is 114 cm³/mol. The highest BCUT2D eigenvalue weighted by Gasteiger charge is 2.25. The third-order valence-corrected chi connectivity index (χ3v) is 4.95. The van der Waals surface area contributed by atoms with Gasteiger partial charge in [-0.05, 0) is 69.1 Å². The highest BCUT2D eigenvalue weighted by atomic mass is 35.5. The van der Waals surface area contributed by atoms with E-state index in [1.54, 1.807) is 6.20 Å². The zero-order valence-corrected chi connectivity index (χ0v) is 17.3. The lowest BCUT2D eigenvalue weighted by molar-refractivity contribution is -0.133. The van der Waals surface area contributed by atoms with Gasteiger partial charge in [0, 0.05) is 12.2 Å². The number of nitrogens with one attached hydrogen (secondary N) is 1. The van der Waals surface area contributed by atoms with Crippen LogP contribution in [0.1, 0.15) is 37.4 Å². The van der Waals surface area contributed by atoms with Gasteiger partial charge in [0.25, 0.3) is 0 Å². The minimum Gasteiger partial charge on any atom is -0.494 e. The Morgan fingerprint density at radius 1 is 1.18 bits per heavy atom. The van der Waals surface area contributed by atoms with Crippen molar-refractivity contribution in [2.24, 2.45) is 0 Å². The number of ether oxygens (including phenoxy) is 1. The van der Waals surface area contributed by atoms with Crippen LogP contribution in [0.3, 0.4) is 0 Å². The second-order valence-electron chi connectivity index (χ2n) is 6.93. The summed E-state index contributed by atoms with van der Waals surface area (Å²) in [4.78, 5) is 19.7. The van der Waals surface area contributed by atoms with Crippen molar-refractivity contribution >= 4 is 18.3 Å². The van der Waals surface area contributed by atoms with E-state index in [9.17, 15) is 4.79 Å². The number of nitrogens with zero attached hydrogens (tertiary/aromatic N) is 2. The first kappa shape index (κ1) is 22.2. The Labute approximate surface area is 173 Å². The molecule has 0 aliphatic carbocycles. The Hall–Kier alpha value is -2.11. The number of hydrogen-bond acceptors (Lipinski definition) is 4. The molecule has 1 aromatic heterocycles. The van der Waals surface area contributed by atoms with E-state index in [0.29, 0.717) is 19.6 Å². The molecule has 1 aromatic carbocycles. The van der Waals surface area contributed by atoms with Crippen LogP contribution in [0.5, 0.6) is 5.75 Å². The molecule has 28 heavy (non-hydrogen) atoms. The summed E-state index contributed by atoms with van der Waals surface area (Å²) in [6.07, 6.45) is 5.32. The average Bonchev–Trinajstić information content (AvgIpc) is 2.98. The van der Waals surface area contributed by atoms with Crippen LogP contribution < -0.4 is 10.1 Å². The minimum atomic E-state index is 0. The van der Waals surface area contributed by atoms with Crippen LogP contribution in [-0.2, 0) is 17.8 Å². The summed E-state index contributed by atoms with van der Waals surface area (Å²) in [5.41, 5.74) is 1.95. The number of amides is 1. The molecular formula is C22H30ClN3O2. The number of benzene rings is 1. The molecule has 152 valence electrons. The molecule has 2 aromatic rings. The largest absolute Gasteiger partial charge is 0.494 e. The first-order chi connectivity index (χ1) is 13.3. The van der Waals surface area contributed by atoms with Crippen molar-refractivity contribution in [2.75, 3.05) is 19.7 Å².